The molecule has 0 radical (unpaired) electrons. The maximum atomic E-state index is 13.1. The first kappa shape index (κ1) is 19.7. The van der Waals surface area contributed by atoms with Crippen molar-refractivity contribution in [3.05, 3.63) is 89.6 Å². The van der Waals surface area contributed by atoms with E-state index in [1.54, 1.807) is 30.3 Å². The lowest BCUT2D eigenvalue weighted by atomic mass is 10.1. The lowest BCUT2D eigenvalue weighted by Crippen LogP contribution is -2.29. The van der Waals surface area contributed by atoms with Gasteiger partial charge in [0, 0.05) is 41.0 Å². The van der Waals surface area contributed by atoms with Crippen molar-refractivity contribution in [3.8, 4) is 11.5 Å². The van der Waals surface area contributed by atoms with E-state index in [-0.39, 0.29) is 18.6 Å². The molecule has 0 unspecified atom stereocenters. The summed E-state index contributed by atoms with van der Waals surface area (Å²) in [5.74, 6) is 5.90. The van der Waals surface area contributed by atoms with Crippen LogP contribution in [-0.4, -0.2) is 23.2 Å². The van der Waals surface area contributed by atoms with E-state index in [1.165, 1.54) is 0 Å². The molecule has 2 heterocycles. The van der Waals surface area contributed by atoms with Crippen LogP contribution in [0.5, 0.6) is 11.5 Å². The molecule has 5 rings (SSSR count). The van der Waals surface area contributed by atoms with Gasteiger partial charge in [-0.05, 0) is 35.9 Å². The van der Waals surface area contributed by atoms with Crippen LogP contribution in [0.2, 0.25) is 0 Å². The molecule has 2 amide bonds. The molecule has 3 aromatic carbocycles. The lowest BCUT2D eigenvalue weighted by Gasteiger charge is -2.07. The molecule has 0 fully saturated rings. The van der Waals surface area contributed by atoms with Gasteiger partial charge in [0.2, 0.25) is 6.79 Å². The van der Waals surface area contributed by atoms with Gasteiger partial charge in [-0.15, -0.1) is 0 Å². The fourth-order valence-corrected chi connectivity index (χ4v) is 3.77. The van der Waals surface area contributed by atoms with Crippen LogP contribution >= 0.6 is 0 Å². The lowest BCUT2D eigenvalue weighted by molar-refractivity contribution is 0.0952. The Morgan fingerprint density at radius 2 is 1.72 bits per heavy atom. The molecule has 0 saturated carbocycles. The minimum atomic E-state index is -0.342. The summed E-state index contributed by atoms with van der Waals surface area (Å²) in [6.07, 6.45) is 1.84. The Bertz CT molecular complexity index is 1330. The molecule has 0 spiro atoms. The Kier molecular flexibility index (Phi) is 4.97. The quantitative estimate of drug-likeness (QED) is 0.257. The van der Waals surface area contributed by atoms with Crippen LogP contribution in [0.15, 0.2) is 72.9 Å². The highest BCUT2D eigenvalue weighted by Gasteiger charge is 2.18. The van der Waals surface area contributed by atoms with Gasteiger partial charge in [0.05, 0.1) is 5.56 Å². The van der Waals surface area contributed by atoms with Crippen LogP contribution < -0.4 is 26.1 Å². The molecule has 8 nitrogen and oxygen atoms in total. The van der Waals surface area contributed by atoms with E-state index < -0.39 is 0 Å². The maximum Gasteiger partial charge on any atom is 0.265 e. The molecule has 8 heteroatoms. The smallest absolute Gasteiger partial charge is 0.265 e. The summed E-state index contributed by atoms with van der Waals surface area (Å²) >= 11 is 0. The summed E-state index contributed by atoms with van der Waals surface area (Å²) in [6, 6.07) is 20.2. The molecule has 0 bridgehead atoms. The zero-order valence-corrected chi connectivity index (χ0v) is 17.0. The predicted octanol–water partition coefficient (Wildman–Crippen LogP) is 3.27. The molecule has 4 aromatic rings. The Balaban J connectivity index is 1.42. The second-order valence-corrected chi connectivity index (χ2v) is 7.38. The number of nitrogens with one attached hydrogen (secondary N) is 2. The average Bonchev–Trinajstić information content (AvgIpc) is 3.44. The number of rotatable bonds is 5. The van der Waals surface area contributed by atoms with Crippen molar-refractivity contribution >= 4 is 28.4 Å². The normalized spacial score (nSPS) is 12.0. The van der Waals surface area contributed by atoms with Gasteiger partial charge >= 0.3 is 0 Å². The number of nitrogen functional groups attached to an aromatic ring is 1. The summed E-state index contributed by atoms with van der Waals surface area (Å²) in [4.78, 5) is 24.7. The summed E-state index contributed by atoms with van der Waals surface area (Å²) in [5, 5.41) is 3.79. The maximum absolute atomic E-state index is 13.1. The number of carbonyl (C=O) groups is 2. The van der Waals surface area contributed by atoms with Crippen molar-refractivity contribution < 1.29 is 19.1 Å². The number of anilines is 1. The Labute approximate surface area is 183 Å². The zero-order valence-electron chi connectivity index (χ0n) is 17.0. The number of benzene rings is 3. The zero-order chi connectivity index (χ0) is 22.1. The third-order valence-corrected chi connectivity index (χ3v) is 5.36. The fourth-order valence-electron chi connectivity index (χ4n) is 3.77. The molecule has 0 atom stereocenters. The number of aromatic nitrogens is 1. The molecule has 4 N–H and O–H groups in total. The Morgan fingerprint density at radius 3 is 2.53 bits per heavy atom. The van der Waals surface area contributed by atoms with E-state index in [0.717, 1.165) is 16.5 Å². The number of carbonyl (C=O) groups excluding carboxylic acids is 2. The van der Waals surface area contributed by atoms with Crippen LogP contribution in [0.3, 0.4) is 0 Å². The second kappa shape index (κ2) is 8.09. The van der Waals surface area contributed by atoms with Gasteiger partial charge in [0.1, 0.15) is 0 Å². The van der Waals surface area contributed by atoms with E-state index in [9.17, 15) is 9.59 Å². The van der Waals surface area contributed by atoms with E-state index in [4.69, 9.17) is 15.3 Å². The van der Waals surface area contributed by atoms with Crippen LogP contribution in [0.1, 0.15) is 26.3 Å². The summed E-state index contributed by atoms with van der Waals surface area (Å²) in [5.41, 5.74) is 5.73. The number of hydrazine groups is 1. The predicted molar refractivity (Wildman–Crippen MR) is 120 cm³/mol. The van der Waals surface area contributed by atoms with E-state index in [1.807, 2.05) is 47.2 Å². The van der Waals surface area contributed by atoms with Crippen LogP contribution in [0, 0.1) is 0 Å². The Hall–Kier alpha value is -4.30. The van der Waals surface area contributed by atoms with Crippen LogP contribution in [0.25, 0.3) is 10.9 Å². The van der Waals surface area contributed by atoms with Gasteiger partial charge in [-0.1, -0.05) is 30.3 Å². The first-order valence-electron chi connectivity index (χ1n) is 10.0. The van der Waals surface area contributed by atoms with E-state index in [2.05, 4.69) is 10.7 Å². The van der Waals surface area contributed by atoms with Gasteiger partial charge in [-0.3, -0.25) is 15.0 Å². The average molecular weight is 428 g/mol. The number of hydrogen-bond acceptors (Lipinski definition) is 5. The number of para-hydroxylation sites is 1. The van der Waals surface area contributed by atoms with Gasteiger partial charge in [-0.25, -0.2) is 5.84 Å². The third kappa shape index (κ3) is 3.63. The summed E-state index contributed by atoms with van der Waals surface area (Å²) < 4.78 is 12.7. The number of ether oxygens (including phenoxy) is 2. The standard InChI is InChI=1S/C24H20N4O4/c25-27-23(29)16-7-5-15(6-8-16)12-28-13-19(18-3-1-2-4-20(18)28)24(30)26-17-9-10-21-22(11-17)32-14-31-21/h1-11,13H,12,14,25H2,(H,26,30)(H,27,29). The van der Waals surface area contributed by atoms with Crippen LogP contribution in [0.4, 0.5) is 5.69 Å². The molecular weight excluding hydrogens is 408 g/mol. The molecule has 1 aliphatic rings. The summed E-state index contributed by atoms with van der Waals surface area (Å²) in [6.45, 7) is 0.723. The molecule has 1 aliphatic heterocycles. The summed E-state index contributed by atoms with van der Waals surface area (Å²) in [7, 11) is 0. The third-order valence-electron chi connectivity index (χ3n) is 5.36. The van der Waals surface area contributed by atoms with Crippen LogP contribution in [-0.2, 0) is 6.54 Å². The van der Waals surface area contributed by atoms with Crippen molar-refractivity contribution in [3.63, 3.8) is 0 Å². The van der Waals surface area contributed by atoms with Crippen molar-refractivity contribution in [2.24, 2.45) is 5.84 Å². The minimum Gasteiger partial charge on any atom is -0.454 e. The first-order chi connectivity index (χ1) is 15.6. The van der Waals surface area contributed by atoms with E-state index in [0.29, 0.717) is 34.9 Å². The largest absolute Gasteiger partial charge is 0.454 e. The van der Waals surface area contributed by atoms with Crippen molar-refractivity contribution in [1.82, 2.24) is 9.99 Å². The number of nitrogens with zero attached hydrogens (tertiary/aromatic N) is 1. The number of fused-ring (bicyclic) bond motifs is 2. The monoisotopic (exact) mass is 428 g/mol. The topological polar surface area (TPSA) is 108 Å². The number of nitrogens with two attached hydrogens (primary N) is 1. The SMILES string of the molecule is NNC(=O)c1ccc(Cn2cc(C(=O)Nc3ccc4c(c3)OCO4)c3ccccc32)cc1. The molecule has 32 heavy (non-hydrogen) atoms. The van der Waals surface area contributed by atoms with Gasteiger partial charge < -0.3 is 19.4 Å². The highest BCUT2D eigenvalue weighted by atomic mass is 16.7. The molecule has 0 aliphatic carbocycles. The number of hydrogen-bond donors (Lipinski definition) is 3. The highest BCUT2D eigenvalue weighted by molar-refractivity contribution is 6.13. The fraction of sp³-hybridized carbons (Fsp3) is 0.0833. The minimum absolute atomic E-state index is 0.179. The Morgan fingerprint density at radius 1 is 0.938 bits per heavy atom. The van der Waals surface area contributed by atoms with Crippen molar-refractivity contribution in [1.29, 1.82) is 0 Å². The molecular formula is C24H20N4O4. The van der Waals surface area contributed by atoms with E-state index >= 15 is 0 Å². The molecule has 160 valence electrons. The van der Waals surface area contributed by atoms with Crippen molar-refractivity contribution in [2.75, 3.05) is 12.1 Å². The van der Waals surface area contributed by atoms with Crippen molar-refractivity contribution in [2.45, 2.75) is 6.54 Å². The number of amides is 2. The van der Waals surface area contributed by atoms with Gasteiger partial charge in [0.25, 0.3) is 11.8 Å². The van der Waals surface area contributed by atoms with Gasteiger partial charge in [0.15, 0.2) is 11.5 Å². The van der Waals surface area contributed by atoms with Gasteiger partial charge in [-0.2, -0.15) is 0 Å². The molecule has 0 saturated heterocycles. The molecule has 1 aromatic heterocycles. The highest BCUT2D eigenvalue weighted by Crippen LogP contribution is 2.34. The second-order valence-electron chi connectivity index (χ2n) is 7.38. The first-order valence-corrected chi connectivity index (χ1v) is 10.0.